The summed E-state index contributed by atoms with van der Waals surface area (Å²) in [6.45, 7) is 4.86. The Bertz CT molecular complexity index is 918. The Morgan fingerprint density at radius 3 is 1.36 bits per heavy atom. The molecule has 0 aliphatic rings. The number of hydrogen-bond donors (Lipinski definition) is 1. The highest BCUT2D eigenvalue weighted by atomic mass is 16.7. The fourth-order valence-corrected chi connectivity index (χ4v) is 6.42. The number of carboxylic acid groups (broad SMARTS) is 1. The summed E-state index contributed by atoms with van der Waals surface area (Å²) in [4.78, 5) is 37.1. The molecule has 9 nitrogen and oxygen atoms in total. The van der Waals surface area contributed by atoms with Crippen LogP contribution in [0.1, 0.15) is 206 Å². The van der Waals surface area contributed by atoms with Crippen molar-refractivity contribution in [1.29, 1.82) is 0 Å². The molecule has 2 atom stereocenters. The van der Waals surface area contributed by atoms with E-state index in [2.05, 4.69) is 26.0 Å². The standard InChI is InChI=1S/C46H87NO8/c1-6-8-10-12-14-16-18-20-21-22-23-25-26-28-30-32-34-36-43(48)53-40-42(41-54-46(45(50)51)52-39-38-47(3,4)5)55-44(49)37-35-33-31-29-27-24-19-17-15-13-11-9-7-2/h17,19,42,46H,6-16,18,20-41H2,1-5H3/p+1/b19-17-. The van der Waals surface area contributed by atoms with E-state index in [-0.39, 0.29) is 32.2 Å². The molecular formula is C46H88NO8+. The number of rotatable bonds is 42. The van der Waals surface area contributed by atoms with E-state index >= 15 is 0 Å². The van der Waals surface area contributed by atoms with Crippen LogP contribution in [0, 0.1) is 0 Å². The molecule has 0 rings (SSSR count). The quantitative estimate of drug-likeness (QED) is 0.0214. The van der Waals surface area contributed by atoms with E-state index in [0.29, 0.717) is 23.9 Å². The predicted molar refractivity (Wildman–Crippen MR) is 226 cm³/mol. The van der Waals surface area contributed by atoms with E-state index in [1.165, 1.54) is 122 Å². The van der Waals surface area contributed by atoms with E-state index in [1.807, 2.05) is 21.1 Å². The van der Waals surface area contributed by atoms with Gasteiger partial charge in [-0.3, -0.25) is 9.59 Å². The summed E-state index contributed by atoms with van der Waals surface area (Å²) in [5.74, 6) is -2.01. The van der Waals surface area contributed by atoms with Crippen molar-refractivity contribution in [1.82, 2.24) is 0 Å². The number of likely N-dealkylation sites (N-methyl/N-ethyl adjacent to an activating group) is 1. The maximum atomic E-state index is 12.7. The molecule has 0 saturated carbocycles. The van der Waals surface area contributed by atoms with Crippen molar-refractivity contribution in [2.24, 2.45) is 0 Å². The van der Waals surface area contributed by atoms with Gasteiger partial charge in [0.25, 0.3) is 6.29 Å². The van der Waals surface area contributed by atoms with Crippen LogP contribution >= 0.6 is 0 Å². The van der Waals surface area contributed by atoms with Gasteiger partial charge in [-0.1, -0.05) is 167 Å². The van der Waals surface area contributed by atoms with Gasteiger partial charge in [0.2, 0.25) is 0 Å². The van der Waals surface area contributed by atoms with Crippen molar-refractivity contribution in [3.63, 3.8) is 0 Å². The number of unbranched alkanes of at least 4 members (excludes halogenated alkanes) is 25. The Hall–Kier alpha value is -1.97. The number of ether oxygens (including phenoxy) is 4. The molecule has 0 bridgehead atoms. The summed E-state index contributed by atoms with van der Waals surface area (Å²) in [6.07, 6.45) is 36.9. The van der Waals surface area contributed by atoms with Crippen LogP contribution in [0.25, 0.3) is 0 Å². The molecule has 0 spiro atoms. The summed E-state index contributed by atoms with van der Waals surface area (Å²) >= 11 is 0. The van der Waals surface area contributed by atoms with Gasteiger partial charge in [-0.2, -0.15) is 0 Å². The second-order valence-electron chi connectivity index (χ2n) is 16.7. The third-order valence-corrected chi connectivity index (χ3v) is 10.0. The molecule has 0 radical (unpaired) electrons. The van der Waals surface area contributed by atoms with Crippen molar-refractivity contribution >= 4 is 17.9 Å². The molecule has 55 heavy (non-hydrogen) atoms. The molecule has 0 aromatic heterocycles. The highest BCUT2D eigenvalue weighted by Crippen LogP contribution is 2.15. The Morgan fingerprint density at radius 1 is 0.527 bits per heavy atom. The maximum Gasteiger partial charge on any atom is 0.361 e. The molecule has 324 valence electrons. The monoisotopic (exact) mass is 783 g/mol. The number of allylic oxidation sites excluding steroid dienone is 2. The van der Waals surface area contributed by atoms with E-state index in [0.717, 1.165) is 51.4 Å². The average molecular weight is 783 g/mol. The maximum absolute atomic E-state index is 12.7. The molecule has 0 aromatic rings. The Kier molecular flexibility index (Phi) is 37.5. The molecule has 9 heteroatoms. The van der Waals surface area contributed by atoms with Gasteiger partial charge in [0.1, 0.15) is 13.2 Å². The number of esters is 2. The van der Waals surface area contributed by atoms with E-state index in [4.69, 9.17) is 18.9 Å². The van der Waals surface area contributed by atoms with Crippen LogP contribution < -0.4 is 0 Å². The highest BCUT2D eigenvalue weighted by Gasteiger charge is 2.25. The molecule has 0 aliphatic carbocycles. The fraction of sp³-hybridized carbons (Fsp3) is 0.891. The predicted octanol–water partition coefficient (Wildman–Crippen LogP) is 11.9. The smallest absolute Gasteiger partial charge is 0.361 e. The Balaban J connectivity index is 4.39. The van der Waals surface area contributed by atoms with Gasteiger partial charge >= 0.3 is 17.9 Å². The molecule has 0 saturated heterocycles. The van der Waals surface area contributed by atoms with E-state index in [9.17, 15) is 19.5 Å². The molecule has 0 heterocycles. The zero-order chi connectivity index (χ0) is 40.7. The van der Waals surface area contributed by atoms with E-state index < -0.39 is 24.3 Å². The number of quaternary nitrogens is 1. The van der Waals surface area contributed by atoms with Crippen molar-refractivity contribution in [2.75, 3.05) is 47.5 Å². The van der Waals surface area contributed by atoms with Gasteiger partial charge in [0.15, 0.2) is 6.10 Å². The summed E-state index contributed by atoms with van der Waals surface area (Å²) < 4.78 is 22.7. The number of nitrogens with zero attached hydrogens (tertiary/aromatic N) is 1. The van der Waals surface area contributed by atoms with Crippen molar-refractivity contribution in [3.8, 4) is 0 Å². The van der Waals surface area contributed by atoms with Crippen LogP contribution in [-0.2, 0) is 33.3 Å². The van der Waals surface area contributed by atoms with Crippen LogP contribution in [0.15, 0.2) is 12.2 Å². The largest absolute Gasteiger partial charge is 0.477 e. The molecular weight excluding hydrogens is 695 g/mol. The van der Waals surface area contributed by atoms with E-state index in [1.54, 1.807) is 0 Å². The normalized spacial score (nSPS) is 13.0. The van der Waals surface area contributed by atoms with Crippen LogP contribution in [0.5, 0.6) is 0 Å². The third-order valence-electron chi connectivity index (χ3n) is 10.0. The minimum atomic E-state index is -1.51. The number of aliphatic carboxylic acids is 1. The van der Waals surface area contributed by atoms with Crippen LogP contribution in [0.4, 0.5) is 0 Å². The van der Waals surface area contributed by atoms with Gasteiger partial charge in [0.05, 0.1) is 34.4 Å². The Morgan fingerprint density at radius 2 is 0.927 bits per heavy atom. The Labute approximate surface area is 338 Å². The van der Waals surface area contributed by atoms with Gasteiger partial charge < -0.3 is 28.5 Å². The first-order chi connectivity index (χ1) is 26.6. The highest BCUT2D eigenvalue weighted by molar-refractivity contribution is 5.71. The first-order valence-electron chi connectivity index (χ1n) is 22.9. The molecule has 0 amide bonds. The van der Waals surface area contributed by atoms with Gasteiger partial charge in [-0.05, 0) is 38.5 Å². The zero-order valence-corrected chi connectivity index (χ0v) is 36.6. The fourth-order valence-electron chi connectivity index (χ4n) is 6.42. The lowest BCUT2D eigenvalue weighted by Gasteiger charge is -2.25. The summed E-state index contributed by atoms with van der Waals surface area (Å²) in [5, 5.41) is 9.63. The second-order valence-corrected chi connectivity index (χ2v) is 16.7. The SMILES string of the molecule is CCCCCC/C=C\CCCCCCCC(=O)OC(COC(=O)CCCCCCCCCCCCCCCCCCC)COC(OCC[N+](C)(C)C)C(=O)O. The molecule has 1 N–H and O–H groups in total. The first kappa shape index (κ1) is 53.0. The van der Waals surface area contributed by atoms with Crippen molar-refractivity contribution < 1.29 is 42.9 Å². The summed E-state index contributed by atoms with van der Waals surface area (Å²) in [5.41, 5.74) is 0. The zero-order valence-electron chi connectivity index (χ0n) is 36.6. The van der Waals surface area contributed by atoms with Crippen LogP contribution in [0.3, 0.4) is 0 Å². The van der Waals surface area contributed by atoms with Crippen LogP contribution in [0.2, 0.25) is 0 Å². The topological polar surface area (TPSA) is 108 Å². The number of carbonyl (C=O) groups is 3. The van der Waals surface area contributed by atoms with Crippen molar-refractivity contribution in [2.45, 2.75) is 219 Å². The molecule has 0 fully saturated rings. The molecule has 0 aromatic carbocycles. The molecule has 2 unspecified atom stereocenters. The van der Waals surface area contributed by atoms with Gasteiger partial charge in [-0.25, -0.2) is 4.79 Å². The summed E-state index contributed by atoms with van der Waals surface area (Å²) in [7, 11) is 5.96. The second kappa shape index (κ2) is 38.9. The van der Waals surface area contributed by atoms with Gasteiger partial charge in [0, 0.05) is 12.8 Å². The van der Waals surface area contributed by atoms with Crippen molar-refractivity contribution in [3.05, 3.63) is 12.2 Å². The molecule has 0 aliphatic heterocycles. The van der Waals surface area contributed by atoms with Crippen LogP contribution in [-0.4, -0.2) is 87.4 Å². The lowest BCUT2D eigenvalue weighted by molar-refractivity contribution is -0.870. The number of hydrogen-bond acceptors (Lipinski definition) is 7. The minimum absolute atomic E-state index is 0.180. The number of carboxylic acids is 1. The lowest BCUT2D eigenvalue weighted by atomic mass is 10.0. The average Bonchev–Trinajstić information content (AvgIpc) is 3.14. The first-order valence-corrected chi connectivity index (χ1v) is 22.9. The minimum Gasteiger partial charge on any atom is -0.477 e. The lowest BCUT2D eigenvalue weighted by Crippen LogP contribution is -2.40. The third kappa shape index (κ3) is 40.0. The summed E-state index contributed by atoms with van der Waals surface area (Å²) in [6, 6.07) is 0. The van der Waals surface area contributed by atoms with Gasteiger partial charge in [-0.15, -0.1) is 0 Å². The number of carbonyl (C=O) groups excluding carboxylic acids is 2.